The number of carbonyl (C=O) groups excluding carboxylic acids is 1. The maximum absolute atomic E-state index is 11.7. The van der Waals surface area contributed by atoms with Gasteiger partial charge >= 0.3 is 0 Å². The summed E-state index contributed by atoms with van der Waals surface area (Å²) in [5, 5.41) is 4.24. The minimum absolute atomic E-state index is 0.0191. The van der Waals surface area contributed by atoms with Crippen LogP contribution in [-0.2, 0) is 9.53 Å². The largest absolute Gasteiger partial charge is 0.370 e. The second kappa shape index (κ2) is 6.82. The Balaban J connectivity index is 1.69. The fraction of sp³-hybridized carbons (Fsp3) is 0.833. The minimum atomic E-state index is 0.0191. The molecule has 2 fully saturated rings. The standard InChI is InChI=1S/C12H22N4O2/c1-15-4-2-11(3-5-15)13-14-12(17)10-16-6-8-18-9-7-16/h2-10H2,1H3,(H,14,17)/p+2. The van der Waals surface area contributed by atoms with E-state index in [0.29, 0.717) is 6.54 Å². The second-order valence-corrected chi connectivity index (χ2v) is 5.21. The number of carbonyl (C=O) groups is 1. The number of likely N-dealkylation sites (tertiary alicyclic amines) is 1. The van der Waals surface area contributed by atoms with Gasteiger partial charge in [-0.15, -0.1) is 0 Å². The van der Waals surface area contributed by atoms with Gasteiger partial charge in [0.05, 0.1) is 33.4 Å². The van der Waals surface area contributed by atoms with Crippen LogP contribution < -0.4 is 15.2 Å². The quantitative estimate of drug-likeness (QED) is 0.463. The van der Waals surface area contributed by atoms with Gasteiger partial charge in [0.25, 0.3) is 5.91 Å². The maximum Gasteiger partial charge on any atom is 0.295 e. The fourth-order valence-corrected chi connectivity index (χ4v) is 2.32. The molecule has 0 aliphatic carbocycles. The van der Waals surface area contributed by atoms with Gasteiger partial charge in [-0.3, -0.25) is 4.79 Å². The summed E-state index contributed by atoms with van der Waals surface area (Å²) in [6.45, 7) is 6.08. The van der Waals surface area contributed by atoms with Crippen LogP contribution in [0.4, 0.5) is 0 Å². The summed E-state index contributed by atoms with van der Waals surface area (Å²) in [6.07, 6.45) is 1.99. The van der Waals surface area contributed by atoms with Gasteiger partial charge in [0.1, 0.15) is 13.1 Å². The Bertz CT molecular complexity index is 303. The lowest BCUT2D eigenvalue weighted by Crippen LogP contribution is -3.15. The fourth-order valence-electron chi connectivity index (χ4n) is 2.32. The summed E-state index contributed by atoms with van der Waals surface area (Å²) in [7, 11) is 2.19. The third kappa shape index (κ3) is 4.36. The van der Waals surface area contributed by atoms with Gasteiger partial charge in [0.2, 0.25) is 0 Å². The summed E-state index contributed by atoms with van der Waals surface area (Å²) in [5.41, 5.74) is 3.82. The number of hydrogen-bond acceptors (Lipinski definition) is 3. The van der Waals surface area contributed by atoms with Gasteiger partial charge in [-0.25, -0.2) is 5.43 Å². The summed E-state index contributed by atoms with van der Waals surface area (Å²) >= 11 is 0. The Morgan fingerprint density at radius 3 is 2.61 bits per heavy atom. The van der Waals surface area contributed by atoms with Crippen LogP contribution in [0.5, 0.6) is 0 Å². The van der Waals surface area contributed by atoms with Crippen molar-refractivity contribution in [2.24, 2.45) is 5.10 Å². The van der Waals surface area contributed by atoms with Gasteiger partial charge in [-0.1, -0.05) is 0 Å². The number of piperidine rings is 1. The van der Waals surface area contributed by atoms with Gasteiger partial charge in [0.15, 0.2) is 6.54 Å². The molecule has 0 radical (unpaired) electrons. The van der Waals surface area contributed by atoms with Crippen molar-refractivity contribution >= 4 is 11.6 Å². The van der Waals surface area contributed by atoms with E-state index in [1.807, 2.05) is 0 Å². The lowest BCUT2D eigenvalue weighted by atomic mass is 10.1. The van der Waals surface area contributed by atoms with Crippen molar-refractivity contribution in [1.29, 1.82) is 0 Å². The average Bonchev–Trinajstić information content (AvgIpc) is 2.39. The zero-order valence-electron chi connectivity index (χ0n) is 11.1. The third-order valence-corrected chi connectivity index (χ3v) is 3.63. The Hall–Kier alpha value is -0.980. The number of rotatable bonds is 3. The molecule has 1 amide bonds. The van der Waals surface area contributed by atoms with E-state index >= 15 is 0 Å². The van der Waals surface area contributed by atoms with E-state index in [1.165, 1.54) is 9.80 Å². The number of hydrazone groups is 1. The lowest BCUT2D eigenvalue weighted by molar-refractivity contribution is -0.900. The number of morpholine rings is 1. The molecule has 2 heterocycles. The van der Waals surface area contributed by atoms with Gasteiger partial charge in [0, 0.05) is 18.6 Å². The van der Waals surface area contributed by atoms with E-state index in [0.717, 1.165) is 57.9 Å². The molecule has 0 aromatic carbocycles. The molecular weight excluding hydrogens is 232 g/mol. The first kappa shape index (κ1) is 13.5. The number of hydrogen-bond donors (Lipinski definition) is 3. The number of amides is 1. The van der Waals surface area contributed by atoms with Gasteiger partial charge < -0.3 is 14.5 Å². The first-order valence-corrected chi connectivity index (χ1v) is 6.81. The molecule has 2 saturated heterocycles. The highest BCUT2D eigenvalue weighted by Gasteiger charge is 2.18. The molecule has 6 heteroatoms. The van der Waals surface area contributed by atoms with Gasteiger partial charge in [-0.2, -0.15) is 5.10 Å². The smallest absolute Gasteiger partial charge is 0.295 e. The van der Waals surface area contributed by atoms with Crippen LogP contribution in [0.3, 0.4) is 0 Å². The van der Waals surface area contributed by atoms with Crippen LogP contribution >= 0.6 is 0 Å². The molecule has 6 nitrogen and oxygen atoms in total. The minimum Gasteiger partial charge on any atom is -0.370 e. The molecule has 2 rings (SSSR count). The predicted octanol–water partition coefficient (Wildman–Crippen LogP) is -3.32. The first-order valence-electron chi connectivity index (χ1n) is 6.81. The van der Waals surface area contributed by atoms with Crippen molar-refractivity contribution < 1.29 is 19.3 Å². The van der Waals surface area contributed by atoms with Crippen molar-refractivity contribution in [3.63, 3.8) is 0 Å². The normalized spacial score (nSPS) is 25.8. The van der Waals surface area contributed by atoms with Crippen LogP contribution in [0.15, 0.2) is 5.10 Å². The summed E-state index contributed by atoms with van der Waals surface area (Å²) in [6, 6.07) is 0. The molecule has 2 aliphatic heterocycles. The highest BCUT2D eigenvalue weighted by atomic mass is 16.5. The van der Waals surface area contributed by atoms with E-state index in [-0.39, 0.29) is 5.91 Å². The Morgan fingerprint density at radius 2 is 1.94 bits per heavy atom. The molecule has 0 aromatic heterocycles. The van der Waals surface area contributed by atoms with Crippen LogP contribution in [0.2, 0.25) is 0 Å². The van der Waals surface area contributed by atoms with Crippen LogP contribution in [0.25, 0.3) is 0 Å². The number of nitrogens with zero attached hydrogens (tertiary/aromatic N) is 1. The van der Waals surface area contributed by atoms with Crippen molar-refractivity contribution in [2.75, 3.05) is 53.0 Å². The number of nitrogens with one attached hydrogen (secondary N) is 3. The zero-order valence-corrected chi connectivity index (χ0v) is 11.1. The van der Waals surface area contributed by atoms with E-state index in [2.05, 4.69) is 17.6 Å². The molecule has 2 aliphatic rings. The van der Waals surface area contributed by atoms with E-state index in [1.54, 1.807) is 0 Å². The van der Waals surface area contributed by atoms with Crippen molar-refractivity contribution in [3.8, 4) is 0 Å². The van der Waals surface area contributed by atoms with E-state index < -0.39 is 0 Å². The maximum atomic E-state index is 11.7. The highest BCUT2D eigenvalue weighted by Crippen LogP contribution is 1.93. The third-order valence-electron chi connectivity index (χ3n) is 3.63. The lowest BCUT2D eigenvalue weighted by Gasteiger charge is -2.23. The second-order valence-electron chi connectivity index (χ2n) is 5.21. The molecule has 0 saturated carbocycles. The number of quaternary nitrogens is 2. The monoisotopic (exact) mass is 256 g/mol. The van der Waals surface area contributed by atoms with E-state index in [4.69, 9.17) is 4.74 Å². The molecule has 0 atom stereocenters. The summed E-state index contributed by atoms with van der Waals surface area (Å²) in [4.78, 5) is 14.6. The van der Waals surface area contributed by atoms with Crippen LogP contribution in [0, 0.1) is 0 Å². The molecule has 18 heavy (non-hydrogen) atoms. The highest BCUT2D eigenvalue weighted by molar-refractivity contribution is 5.86. The molecule has 0 bridgehead atoms. The van der Waals surface area contributed by atoms with Crippen LogP contribution in [0.1, 0.15) is 12.8 Å². The first-order chi connectivity index (χ1) is 8.74. The molecule has 3 N–H and O–H groups in total. The van der Waals surface area contributed by atoms with Crippen molar-refractivity contribution in [3.05, 3.63) is 0 Å². The topological polar surface area (TPSA) is 59.6 Å². The summed E-state index contributed by atoms with van der Waals surface area (Å²) < 4.78 is 5.26. The van der Waals surface area contributed by atoms with Crippen molar-refractivity contribution in [2.45, 2.75) is 12.8 Å². The summed E-state index contributed by atoms with van der Waals surface area (Å²) in [5.74, 6) is 0.0191. The Morgan fingerprint density at radius 1 is 1.28 bits per heavy atom. The Labute approximate surface area is 108 Å². The molecule has 0 spiro atoms. The Kier molecular flexibility index (Phi) is 5.10. The van der Waals surface area contributed by atoms with E-state index in [9.17, 15) is 4.79 Å². The van der Waals surface area contributed by atoms with Gasteiger partial charge in [-0.05, 0) is 0 Å². The van der Waals surface area contributed by atoms with Crippen LogP contribution in [-0.4, -0.2) is 64.6 Å². The zero-order chi connectivity index (χ0) is 12.8. The number of ether oxygens (including phenoxy) is 1. The molecular formula is C12H24N4O2+2. The van der Waals surface area contributed by atoms with Crippen molar-refractivity contribution in [1.82, 2.24) is 5.43 Å². The average molecular weight is 256 g/mol. The molecule has 0 aromatic rings. The molecule has 0 unspecified atom stereocenters. The SMILES string of the molecule is C[NH+]1CCC(=NNC(=O)C[NH+]2CCOCC2)CC1. The predicted molar refractivity (Wildman–Crippen MR) is 67.8 cm³/mol. The molecule has 102 valence electrons.